The minimum atomic E-state index is -3.83. The van der Waals surface area contributed by atoms with Gasteiger partial charge in [0.2, 0.25) is 5.91 Å². The summed E-state index contributed by atoms with van der Waals surface area (Å²) in [6.45, 7) is 5.93. The van der Waals surface area contributed by atoms with Crippen LogP contribution in [0.2, 0.25) is 0 Å². The lowest BCUT2D eigenvalue weighted by Gasteiger charge is -2.28. The molecule has 29 heavy (non-hydrogen) atoms. The van der Waals surface area contributed by atoms with Crippen LogP contribution in [0, 0.1) is 20.8 Å². The van der Waals surface area contributed by atoms with Gasteiger partial charge in [-0.15, -0.1) is 0 Å². The first-order valence-electron chi connectivity index (χ1n) is 9.35. The van der Waals surface area contributed by atoms with E-state index in [4.69, 9.17) is 4.74 Å². The van der Waals surface area contributed by atoms with Crippen molar-refractivity contribution in [2.24, 2.45) is 0 Å². The van der Waals surface area contributed by atoms with Crippen LogP contribution in [0.4, 0.5) is 5.69 Å². The van der Waals surface area contributed by atoms with Gasteiger partial charge < -0.3 is 10.1 Å². The number of benzene rings is 2. The molecule has 2 rings (SSSR count). The van der Waals surface area contributed by atoms with E-state index < -0.39 is 16.1 Å². The average molecular weight is 420 g/mol. The van der Waals surface area contributed by atoms with Crippen LogP contribution < -0.4 is 14.4 Å². The Labute approximate surface area is 173 Å². The first kappa shape index (κ1) is 22.7. The predicted octanol–water partition coefficient (Wildman–Crippen LogP) is 2.42. The Morgan fingerprint density at radius 1 is 1.03 bits per heavy atom. The normalized spacial score (nSPS) is 11.4. The summed E-state index contributed by atoms with van der Waals surface area (Å²) in [6.07, 6.45) is 0. The second-order valence-corrected chi connectivity index (χ2v) is 9.17. The minimum absolute atomic E-state index is 0.273. The van der Waals surface area contributed by atoms with Crippen molar-refractivity contribution in [1.29, 1.82) is 0 Å². The molecule has 1 N–H and O–H groups in total. The van der Waals surface area contributed by atoms with Gasteiger partial charge in [-0.2, -0.15) is 12.7 Å². The van der Waals surface area contributed by atoms with Gasteiger partial charge in [0, 0.05) is 14.1 Å². The standard InChI is InChI=1S/C21H29N3O4S/c1-16-7-6-8-19(13-16)28-12-11-22-21(25)15-24(29(26,27)23(4)5)20-14-17(2)9-10-18(20)3/h6-10,13-14H,11-12,15H2,1-5H3,(H,22,25). The van der Waals surface area contributed by atoms with E-state index in [1.807, 2.05) is 57.2 Å². The molecule has 0 bridgehead atoms. The first-order chi connectivity index (χ1) is 13.6. The second-order valence-electron chi connectivity index (χ2n) is 7.10. The summed E-state index contributed by atoms with van der Waals surface area (Å²) < 4.78 is 33.5. The van der Waals surface area contributed by atoms with Crippen LogP contribution >= 0.6 is 0 Å². The van der Waals surface area contributed by atoms with Gasteiger partial charge in [0.1, 0.15) is 18.9 Å². The van der Waals surface area contributed by atoms with Gasteiger partial charge in [-0.05, 0) is 55.7 Å². The van der Waals surface area contributed by atoms with Crippen molar-refractivity contribution < 1.29 is 17.9 Å². The summed E-state index contributed by atoms with van der Waals surface area (Å²) >= 11 is 0. The number of hydrogen-bond acceptors (Lipinski definition) is 4. The lowest BCUT2D eigenvalue weighted by molar-refractivity contribution is -0.119. The van der Waals surface area contributed by atoms with E-state index in [2.05, 4.69) is 5.32 Å². The highest BCUT2D eigenvalue weighted by atomic mass is 32.2. The maximum atomic E-state index is 12.8. The van der Waals surface area contributed by atoms with E-state index in [0.717, 1.165) is 31.1 Å². The molecule has 0 unspecified atom stereocenters. The molecular weight excluding hydrogens is 390 g/mol. The third-order valence-electron chi connectivity index (χ3n) is 4.34. The second kappa shape index (κ2) is 9.76. The molecule has 158 valence electrons. The smallest absolute Gasteiger partial charge is 0.304 e. The van der Waals surface area contributed by atoms with Crippen LogP contribution in [0.3, 0.4) is 0 Å². The van der Waals surface area contributed by atoms with Gasteiger partial charge in [-0.25, -0.2) is 4.31 Å². The Bertz CT molecular complexity index is 958. The number of amides is 1. The number of carbonyl (C=O) groups is 1. The monoisotopic (exact) mass is 419 g/mol. The molecule has 0 heterocycles. The van der Waals surface area contributed by atoms with Gasteiger partial charge in [0.15, 0.2) is 0 Å². The van der Waals surface area contributed by atoms with Crippen LogP contribution in [0.25, 0.3) is 0 Å². The fourth-order valence-electron chi connectivity index (χ4n) is 2.73. The Morgan fingerprint density at radius 2 is 1.72 bits per heavy atom. The molecule has 0 radical (unpaired) electrons. The molecule has 0 spiro atoms. The lowest BCUT2D eigenvalue weighted by atomic mass is 10.1. The van der Waals surface area contributed by atoms with E-state index in [0.29, 0.717) is 12.3 Å². The van der Waals surface area contributed by atoms with E-state index in [-0.39, 0.29) is 13.1 Å². The number of hydrogen-bond donors (Lipinski definition) is 1. The number of nitrogens with one attached hydrogen (secondary N) is 1. The minimum Gasteiger partial charge on any atom is -0.492 e. The number of anilines is 1. The summed E-state index contributed by atoms with van der Waals surface area (Å²) in [7, 11) is -0.939. The number of rotatable bonds is 9. The highest BCUT2D eigenvalue weighted by Gasteiger charge is 2.28. The molecule has 0 saturated heterocycles. The zero-order valence-electron chi connectivity index (χ0n) is 17.6. The van der Waals surface area contributed by atoms with Crippen molar-refractivity contribution in [3.63, 3.8) is 0 Å². The van der Waals surface area contributed by atoms with Crippen molar-refractivity contribution in [2.45, 2.75) is 20.8 Å². The lowest BCUT2D eigenvalue weighted by Crippen LogP contribution is -2.46. The topological polar surface area (TPSA) is 79.0 Å². The SMILES string of the molecule is Cc1cccc(OCCNC(=O)CN(c2cc(C)ccc2C)S(=O)(=O)N(C)C)c1. The summed E-state index contributed by atoms with van der Waals surface area (Å²) in [5.74, 6) is 0.329. The predicted molar refractivity (Wildman–Crippen MR) is 116 cm³/mol. The molecule has 1 amide bonds. The number of ether oxygens (including phenoxy) is 1. The Hall–Kier alpha value is -2.58. The molecule has 0 aromatic heterocycles. The van der Waals surface area contributed by atoms with Gasteiger partial charge in [0.05, 0.1) is 12.2 Å². The molecule has 8 heteroatoms. The third-order valence-corrected chi connectivity index (χ3v) is 6.15. The fourth-order valence-corrected chi connectivity index (χ4v) is 3.85. The van der Waals surface area contributed by atoms with Crippen molar-refractivity contribution in [2.75, 3.05) is 38.1 Å². The zero-order valence-corrected chi connectivity index (χ0v) is 18.4. The zero-order chi connectivity index (χ0) is 21.6. The fraction of sp³-hybridized carbons (Fsp3) is 0.381. The molecule has 2 aromatic rings. The van der Waals surface area contributed by atoms with Gasteiger partial charge in [-0.1, -0.05) is 24.3 Å². The van der Waals surface area contributed by atoms with Crippen molar-refractivity contribution in [1.82, 2.24) is 9.62 Å². The maximum absolute atomic E-state index is 12.8. The largest absolute Gasteiger partial charge is 0.492 e. The summed E-state index contributed by atoms with van der Waals surface area (Å²) in [5.41, 5.74) is 3.27. The summed E-state index contributed by atoms with van der Waals surface area (Å²) in [6, 6.07) is 13.1. The van der Waals surface area contributed by atoms with Gasteiger partial charge >= 0.3 is 10.2 Å². The van der Waals surface area contributed by atoms with Gasteiger partial charge in [-0.3, -0.25) is 4.79 Å². The molecule has 0 saturated carbocycles. The molecule has 0 aliphatic rings. The van der Waals surface area contributed by atoms with Crippen molar-refractivity contribution in [3.05, 3.63) is 59.2 Å². The average Bonchev–Trinajstić information content (AvgIpc) is 2.65. The van der Waals surface area contributed by atoms with E-state index in [1.54, 1.807) is 6.07 Å². The third kappa shape index (κ3) is 6.20. The first-order valence-corrected chi connectivity index (χ1v) is 10.7. The van der Waals surface area contributed by atoms with Gasteiger partial charge in [0.25, 0.3) is 0 Å². The van der Waals surface area contributed by atoms with Crippen LogP contribution in [-0.4, -0.2) is 52.4 Å². The van der Waals surface area contributed by atoms with Crippen LogP contribution in [0.5, 0.6) is 5.75 Å². The number of nitrogens with zero attached hydrogens (tertiary/aromatic N) is 2. The van der Waals surface area contributed by atoms with Crippen molar-refractivity contribution >= 4 is 21.8 Å². The summed E-state index contributed by atoms with van der Waals surface area (Å²) in [4.78, 5) is 12.5. The Kier molecular flexibility index (Phi) is 7.64. The molecule has 7 nitrogen and oxygen atoms in total. The quantitative estimate of drug-likeness (QED) is 0.633. The Balaban J connectivity index is 2.05. The highest BCUT2D eigenvalue weighted by Crippen LogP contribution is 2.25. The van der Waals surface area contributed by atoms with E-state index in [1.165, 1.54) is 14.1 Å². The molecule has 0 aliphatic carbocycles. The van der Waals surface area contributed by atoms with E-state index in [9.17, 15) is 13.2 Å². The summed E-state index contributed by atoms with van der Waals surface area (Å²) in [5, 5.41) is 2.72. The molecule has 0 fully saturated rings. The van der Waals surface area contributed by atoms with Crippen molar-refractivity contribution in [3.8, 4) is 5.75 Å². The number of carbonyl (C=O) groups excluding carboxylic acids is 1. The van der Waals surface area contributed by atoms with Crippen LogP contribution in [0.15, 0.2) is 42.5 Å². The van der Waals surface area contributed by atoms with Crippen LogP contribution in [0.1, 0.15) is 16.7 Å². The molecular formula is C21H29N3O4S. The Morgan fingerprint density at radius 3 is 2.38 bits per heavy atom. The highest BCUT2D eigenvalue weighted by molar-refractivity contribution is 7.90. The number of aryl methyl sites for hydroxylation is 3. The molecule has 0 aliphatic heterocycles. The maximum Gasteiger partial charge on any atom is 0.304 e. The molecule has 2 aromatic carbocycles. The van der Waals surface area contributed by atoms with Crippen LogP contribution in [-0.2, 0) is 15.0 Å². The van der Waals surface area contributed by atoms with E-state index >= 15 is 0 Å². The molecule has 0 atom stereocenters.